The standard InChI is InChI=1S/C29H24N6O3/c1-38-25-9-5-3-7-20(25)11-17-26-31-32-33-35(26)22-14-12-21(13-15-22)34-24-16-10-19-6-2-4-8-23(19)29(24)30-27(36)18-28(34)37/h2-10,12-16H,11,17-18H2,1H3,(H,30,36). The minimum Gasteiger partial charge on any atom is -0.496 e. The van der Waals surface area contributed by atoms with Crippen molar-refractivity contribution in [2.45, 2.75) is 19.3 Å². The van der Waals surface area contributed by atoms with Crippen LogP contribution in [-0.2, 0) is 22.4 Å². The van der Waals surface area contributed by atoms with Gasteiger partial charge >= 0.3 is 0 Å². The molecule has 6 rings (SSSR count). The van der Waals surface area contributed by atoms with Crippen molar-refractivity contribution in [3.63, 3.8) is 0 Å². The van der Waals surface area contributed by atoms with E-state index in [1.165, 1.54) is 0 Å². The van der Waals surface area contributed by atoms with E-state index in [9.17, 15) is 9.59 Å². The van der Waals surface area contributed by atoms with E-state index in [0.717, 1.165) is 34.2 Å². The van der Waals surface area contributed by atoms with Crippen LogP contribution in [0.3, 0.4) is 0 Å². The number of ether oxygens (including phenoxy) is 1. The molecule has 0 atom stereocenters. The Bertz CT molecular complexity index is 1660. The average molecular weight is 505 g/mol. The second-order valence-electron chi connectivity index (χ2n) is 8.97. The van der Waals surface area contributed by atoms with Gasteiger partial charge in [-0.3, -0.25) is 14.5 Å². The summed E-state index contributed by atoms with van der Waals surface area (Å²) in [6.45, 7) is 0. The van der Waals surface area contributed by atoms with Gasteiger partial charge in [-0.25, -0.2) is 0 Å². The molecule has 5 aromatic rings. The van der Waals surface area contributed by atoms with Crippen molar-refractivity contribution >= 4 is 39.6 Å². The number of rotatable bonds is 6. The van der Waals surface area contributed by atoms with Crippen molar-refractivity contribution < 1.29 is 14.3 Å². The number of fused-ring (bicyclic) bond motifs is 3. The molecule has 1 aliphatic rings. The van der Waals surface area contributed by atoms with Crippen molar-refractivity contribution in [1.82, 2.24) is 20.2 Å². The van der Waals surface area contributed by atoms with Crippen LogP contribution in [0.5, 0.6) is 5.75 Å². The Hall–Kier alpha value is -5.05. The first-order valence-corrected chi connectivity index (χ1v) is 12.3. The molecule has 2 heterocycles. The number of carbonyl (C=O) groups is 2. The molecule has 0 unspecified atom stereocenters. The van der Waals surface area contributed by atoms with Crippen molar-refractivity contribution in [2.75, 3.05) is 17.3 Å². The molecule has 0 radical (unpaired) electrons. The lowest BCUT2D eigenvalue weighted by molar-refractivity contribution is -0.124. The number of aromatic nitrogens is 4. The van der Waals surface area contributed by atoms with Crippen molar-refractivity contribution in [1.29, 1.82) is 0 Å². The van der Waals surface area contributed by atoms with Crippen LogP contribution in [0.1, 0.15) is 17.8 Å². The highest BCUT2D eigenvalue weighted by Crippen LogP contribution is 2.40. The van der Waals surface area contributed by atoms with E-state index in [2.05, 4.69) is 20.8 Å². The fourth-order valence-electron chi connectivity index (χ4n) is 4.86. The lowest BCUT2D eigenvalue weighted by atomic mass is 10.1. The Kier molecular flexibility index (Phi) is 6.01. The van der Waals surface area contributed by atoms with E-state index in [1.807, 2.05) is 84.9 Å². The number of aryl methyl sites for hydroxylation is 2. The third-order valence-electron chi connectivity index (χ3n) is 6.67. The molecule has 0 bridgehead atoms. The van der Waals surface area contributed by atoms with E-state index in [-0.39, 0.29) is 18.2 Å². The smallest absolute Gasteiger partial charge is 0.241 e. The number of hydrogen-bond donors (Lipinski definition) is 1. The first-order chi connectivity index (χ1) is 18.6. The third-order valence-corrected chi connectivity index (χ3v) is 6.67. The zero-order valence-corrected chi connectivity index (χ0v) is 20.7. The topological polar surface area (TPSA) is 102 Å². The van der Waals surface area contributed by atoms with Gasteiger partial charge in [0.15, 0.2) is 5.82 Å². The number of methoxy groups -OCH3 is 1. The number of anilines is 3. The van der Waals surface area contributed by atoms with Crippen LogP contribution >= 0.6 is 0 Å². The molecular weight excluding hydrogens is 480 g/mol. The molecule has 2 amide bonds. The Morgan fingerprint density at radius 1 is 0.868 bits per heavy atom. The number of amides is 2. The third kappa shape index (κ3) is 4.24. The minimum absolute atomic E-state index is 0.245. The van der Waals surface area contributed by atoms with Crippen LogP contribution in [0.4, 0.5) is 17.1 Å². The zero-order valence-electron chi connectivity index (χ0n) is 20.7. The molecule has 0 saturated carbocycles. The number of benzene rings is 4. The maximum atomic E-state index is 13.2. The molecule has 188 valence electrons. The van der Waals surface area contributed by atoms with Gasteiger partial charge in [0.05, 0.1) is 24.2 Å². The Morgan fingerprint density at radius 3 is 2.47 bits per heavy atom. The van der Waals surface area contributed by atoms with Gasteiger partial charge in [0.1, 0.15) is 12.2 Å². The first-order valence-electron chi connectivity index (χ1n) is 12.3. The maximum absolute atomic E-state index is 13.2. The Labute approximate surface area is 218 Å². The highest BCUT2D eigenvalue weighted by Gasteiger charge is 2.28. The molecule has 0 spiro atoms. The van der Waals surface area contributed by atoms with Gasteiger partial charge in [-0.2, -0.15) is 4.68 Å². The largest absolute Gasteiger partial charge is 0.496 e. The van der Waals surface area contributed by atoms with E-state index in [0.29, 0.717) is 29.3 Å². The predicted octanol–water partition coefficient (Wildman–Crippen LogP) is 4.62. The van der Waals surface area contributed by atoms with E-state index in [4.69, 9.17) is 4.74 Å². The van der Waals surface area contributed by atoms with Gasteiger partial charge in [-0.05, 0) is 64.2 Å². The van der Waals surface area contributed by atoms with E-state index < -0.39 is 0 Å². The van der Waals surface area contributed by atoms with Crippen LogP contribution in [-0.4, -0.2) is 39.1 Å². The number of para-hydroxylation sites is 1. The molecule has 9 nitrogen and oxygen atoms in total. The number of nitrogens with one attached hydrogen (secondary N) is 1. The van der Waals surface area contributed by atoms with E-state index >= 15 is 0 Å². The normalized spacial score (nSPS) is 13.2. The second-order valence-corrected chi connectivity index (χ2v) is 8.97. The predicted molar refractivity (Wildman–Crippen MR) is 144 cm³/mol. The van der Waals surface area contributed by atoms with Crippen LogP contribution < -0.4 is 15.0 Å². The molecule has 38 heavy (non-hydrogen) atoms. The fraction of sp³-hybridized carbons (Fsp3) is 0.138. The molecular formula is C29H24N6O3. The van der Waals surface area contributed by atoms with E-state index in [1.54, 1.807) is 16.7 Å². The minimum atomic E-state index is -0.333. The monoisotopic (exact) mass is 504 g/mol. The summed E-state index contributed by atoms with van der Waals surface area (Å²) in [4.78, 5) is 27.3. The van der Waals surface area contributed by atoms with Crippen LogP contribution in [0, 0.1) is 0 Å². The molecule has 0 aliphatic carbocycles. The summed E-state index contributed by atoms with van der Waals surface area (Å²) in [6, 6.07) is 26.9. The zero-order chi connectivity index (χ0) is 26.1. The first kappa shape index (κ1) is 23.4. The van der Waals surface area contributed by atoms with Gasteiger partial charge in [-0.15, -0.1) is 5.10 Å². The Morgan fingerprint density at radius 2 is 1.63 bits per heavy atom. The summed E-state index contributed by atoms with van der Waals surface area (Å²) in [6.07, 6.45) is 1.09. The summed E-state index contributed by atoms with van der Waals surface area (Å²) < 4.78 is 7.15. The summed E-state index contributed by atoms with van der Waals surface area (Å²) in [5.41, 5.74) is 3.75. The summed E-state index contributed by atoms with van der Waals surface area (Å²) in [7, 11) is 1.66. The average Bonchev–Trinajstić information content (AvgIpc) is 3.37. The molecule has 0 fully saturated rings. The molecule has 1 aliphatic heterocycles. The lowest BCUT2D eigenvalue weighted by Gasteiger charge is -2.23. The Balaban J connectivity index is 1.31. The van der Waals surface area contributed by atoms with Crippen molar-refractivity contribution in [2.24, 2.45) is 0 Å². The molecule has 0 saturated heterocycles. The molecule has 1 N–H and O–H groups in total. The molecule has 9 heteroatoms. The number of nitrogens with zero attached hydrogens (tertiary/aromatic N) is 5. The fourth-order valence-corrected chi connectivity index (χ4v) is 4.86. The van der Waals surface area contributed by atoms with Gasteiger partial charge in [-0.1, -0.05) is 48.5 Å². The van der Waals surface area contributed by atoms with Crippen LogP contribution in [0.25, 0.3) is 16.5 Å². The highest BCUT2D eigenvalue weighted by molar-refractivity contribution is 6.21. The van der Waals surface area contributed by atoms with Gasteiger partial charge in [0, 0.05) is 17.5 Å². The molecule has 1 aromatic heterocycles. The summed E-state index contributed by atoms with van der Waals surface area (Å²) in [5, 5.41) is 17.1. The number of hydrogen-bond acceptors (Lipinski definition) is 6. The van der Waals surface area contributed by atoms with Crippen molar-refractivity contribution in [3.8, 4) is 11.4 Å². The highest BCUT2D eigenvalue weighted by atomic mass is 16.5. The number of tetrazole rings is 1. The lowest BCUT2D eigenvalue weighted by Crippen LogP contribution is -2.26. The summed E-state index contributed by atoms with van der Waals surface area (Å²) >= 11 is 0. The van der Waals surface area contributed by atoms with Crippen LogP contribution in [0.2, 0.25) is 0 Å². The number of carbonyl (C=O) groups excluding carboxylic acids is 2. The second kappa shape index (κ2) is 9.78. The van der Waals surface area contributed by atoms with Gasteiger partial charge in [0.2, 0.25) is 11.8 Å². The maximum Gasteiger partial charge on any atom is 0.241 e. The summed E-state index contributed by atoms with van der Waals surface area (Å²) in [5.74, 6) is 0.907. The van der Waals surface area contributed by atoms with Crippen molar-refractivity contribution in [3.05, 3.63) is 96.3 Å². The quantitative estimate of drug-likeness (QED) is 0.339. The van der Waals surface area contributed by atoms with Gasteiger partial charge in [0.25, 0.3) is 0 Å². The molecule has 4 aromatic carbocycles. The van der Waals surface area contributed by atoms with Gasteiger partial charge < -0.3 is 10.1 Å². The SMILES string of the molecule is COc1ccccc1CCc1nnnn1-c1ccc(N2C(=O)CC(=O)Nc3c2ccc2ccccc32)cc1. The van der Waals surface area contributed by atoms with Crippen LogP contribution in [0.15, 0.2) is 84.9 Å².